The molecule has 0 aromatic carbocycles. The molecule has 0 aromatic rings. The predicted octanol–water partition coefficient (Wildman–Crippen LogP) is 1.46. The molecule has 0 amide bonds. The summed E-state index contributed by atoms with van der Waals surface area (Å²) in [6.07, 6.45) is -6.83. The van der Waals surface area contributed by atoms with Gasteiger partial charge in [0.1, 0.15) is 12.2 Å². The van der Waals surface area contributed by atoms with E-state index in [2.05, 4.69) is 4.18 Å². The molecular formula is C29H35F3O13S. The first-order valence-corrected chi connectivity index (χ1v) is 15.9. The van der Waals surface area contributed by atoms with Crippen molar-refractivity contribution < 1.29 is 74.1 Å². The summed E-state index contributed by atoms with van der Waals surface area (Å²) in [6.45, 7) is 7.57. The number of hydrogen-bond donors (Lipinski definition) is 2. The molecule has 46 heavy (non-hydrogen) atoms. The van der Waals surface area contributed by atoms with E-state index in [1.165, 1.54) is 13.8 Å². The third kappa shape index (κ3) is 4.48. The number of carbonyl (C=O) groups excluding carboxylic acids is 4. The fourth-order valence-corrected chi connectivity index (χ4v) is 9.16. The molecule has 13 nitrogen and oxygen atoms in total. The van der Waals surface area contributed by atoms with Gasteiger partial charge in [-0.3, -0.25) is 4.79 Å². The highest BCUT2D eigenvalue weighted by molar-refractivity contribution is 7.87. The van der Waals surface area contributed by atoms with Gasteiger partial charge in [0, 0.05) is 23.8 Å². The molecule has 5 aliphatic rings. The van der Waals surface area contributed by atoms with Gasteiger partial charge in [0.05, 0.1) is 25.7 Å². The maximum atomic E-state index is 13.6. The minimum atomic E-state index is -6.23. The predicted molar refractivity (Wildman–Crippen MR) is 145 cm³/mol. The highest BCUT2D eigenvalue weighted by Crippen LogP contribution is 2.73. The molecule has 1 spiro atoms. The van der Waals surface area contributed by atoms with Crippen LogP contribution in [0.2, 0.25) is 0 Å². The van der Waals surface area contributed by atoms with Crippen LogP contribution in [0.25, 0.3) is 0 Å². The Morgan fingerprint density at radius 2 is 1.78 bits per heavy atom. The zero-order valence-electron chi connectivity index (χ0n) is 25.7. The molecular weight excluding hydrogens is 645 g/mol. The van der Waals surface area contributed by atoms with Gasteiger partial charge in [-0.15, -0.1) is 0 Å². The van der Waals surface area contributed by atoms with Gasteiger partial charge in [0.15, 0.2) is 11.5 Å². The van der Waals surface area contributed by atoms with E-state index in [0.29, 0.717) is 5.57 Å². The highest BCUT2D eigenvalue weighted by Gasteiger charge is 2.85. The van der Waals surface area contributed by atoms with Crippen molar-refractivity contribution in [2.75, 3.05) is 13.7 Å². The van der Waals surface area contributed by atoms with Crippen LogP contribution in [0.5, 0.6) is 0 Å². The number of Topliss-reactive ketones (excluding diaryl/α,β-unsaturated/α-hetero) is 1. The maximum Gasteiger partial charge on any atom is 0.534 e. The molecule has 10 atom stereocenters. The van der Waals surface area contributed by atoms with E-state index in [4.69, 9.17) is 18.9 Å². The quantitative estimate of drug-likeness (QED) is 0.135. The molecule has 2 heterocycles. The Kier molecular flexibility index (Phi) is 8.02. The van der Waals surface area contributed by atoms with Crippen molar-refractivity contribution in [3.05, 3.63) is 23.0 Å². The SMILES string of the molecule is COC(=O)[C@@]12OC[C@]34C([C@@H](O)C1O)[C@@]1(C)CC(=O)C(OS(=O)(=O)C(F)(F)F)=C(C)C1C[C@H]3OC(=O)[C@H](OC(=O)/C=C(\C)C(C)C)[C@H]42. The number of alkyl halides is 3. The Bertz CT molecular complexity index is 1550. The maximum absolute atomic E-state index is 13.6. The average molecular weight is 681 g/mol. The van der Waals surface area contributed by atoms with E-state index in [1.54, 1.807) is 6.92 Å². The number of esters is 3. The molecule has 256 valence electrons. The number of halogens is 3. The first kappa shape index (κ1) is 34.3. The molecule has 2 bridgehead atoms. The van der Waals surface area contributed by atoms with Crippen molar-refractivity contribution in [1.29, 1.82) is 0 Å². The van der Waals surface area contributed by atoms with Crippen LogP contribution in [0.15, 0.2) is 23.0 Å². The third-order valence-electron chi connectivity index (χ3n) is 10.8. The Morgan fingerprint density at radius 3 is 2.35 bits per heavy atom. The number of hydrogen-bond acceptors (Lipinski definition) is 13. The summed E-state index contributed by atoms with van der Waals surface area (Å²) in [7, 11) is -5.24. The first-order valence-electron chi connectivity index (χ1n) is 14.5. The normalized spacial score (nSPS) is 40.6. The van der Waals surface area contributed by atoms with Crippen molar-refractivity contribution in [3.8, 4) is 0 Å². The Hall–Kier alpha value is -3.02. The van der Waals surface area contributed by atoms with Gasteiger partial charge >= 0.3 is 33.5 Å². The lowest BCUT2D eigenvalue weighted by Gasteiger charge is -2.67. The lowest BCUT2D eigenvalue weighted by molar-refractivity contribution is -0.290. The van der Waals surface area contributed by atoms with Crippen molar-refractivity contribution in [3.63, 3.8) is 0 Å². The van der Waals surface area contributed by atoms with E-state index in [9.17, 15) is 51.0 Å². The number of aliphatic hydroxyl groups is 2. The first-order chi connectivity index (χ1) is 21.1. The van der Waals surface area contributed by atoms with Gasteiger partial charge < -0.3 is 33.3 Å². The van der Waals surface area contributed by atoms with Gasteiger partial charge in [-0.25, -0.2) is 14.4 Å². The second-order valence-corrected chi connectivity index (χ2v) is 14.8. The van der Waals surface area contributed by atoms with Crippen LogP contribution in [0.3, 0.4) is 0 Å². The van der Waals surface area contributed by atoms with Gasteiger partial charge in [0.2, 0.25) is 11.7 Å². The molecule has 5 rings (SSSR count). The molecule has 2 saturated heterocycles. The second-order valence-electron chi connectivity index (χ2n) is 13.3. The molecule has 3 aliphatic carbocycles. The van der Waals surface area contributed by atoms with Crippen LogP contribution in [0.1, 0.15) is 47.5 Å². The summed E-state index contributed by atoms with van der Waals surface area (Å²) in [5.41, 5.74) is -10.9. The Morgan fingerprint density at radius 1 is 1.15 bits per heavy atom. The largest absolute Gasteiger partial charge is 0.534 e. The zero-order valence-corrected chi connectivity index (χ0v) is 26.6. The molecule has 0 aromatic heterocycles. The van der Waals surface area contributed by atoms with Crippen molar-refractivity contribution in [2.45, 2.75) is 83.0 Å². The number of rotatable bonds is 6. The molecule has 3 unspecified atom stereocenters. The molecule has 17 heteroatoms. The summed E-state index contributed by atoms with van der Waals surface area (Å²) < 4.78 is 90.0. The van der Waals surface area contributed by atoms with Crippen LogP contribution in [0.4, 0.5) is 13.2 Å². The van der Waals surface area contributed by atoms with E-state index in [-0.39, 0.29) is 17.9 Å². The van der Waals surface area contributed by atoms with E-state index in [0.717, 1.165) is 13.2 Å². The van der Waals surface area contributed by atoms with Crippen LogP contribution in [0, 0.1) is 34.5 Å². The zero-order chi connectivity index (χ0) is 34.5. The third-order valence-corrected chi connectivity index (χ3v) is 11.7. The fraction of sp³-hybridized carbons (Fsp3) is 0.724. The van der Waals surface area contributed by atoms with E-state index in [1.807, 2.05) is 13.8 Å². The molecule has 2 aliphatic heterocycles. The van der Waals surface area contributed by atoms with Crippen molar-refractivity contribution in [2.24, 2.45) is 34.5 Å². The monoisotopic (exact) mass is 680 g/mol. The average Bonchev–Trinajstić information content (AvgIpc) is 3.25. The summed E-state index contributed by atoms with van der Waals surface area (Å²) in [5.74, 6) is -9.29. The van der Waals surface area contributed by atoms with Crippen molar-refractivity contribution in [1.82, 2.24) is 0 Å². The topological polar surface area (TPSA) is 189 Å². The van der Waals surface area contributed by atoms with Crippen LogP contribution < -0.4 is 0 Å². The molecule has 2 N–H and O–H groups in total. The fourth-order valence-electron chi connectivity index (χ4n) is 8.63. The van der Waals surface area contributed by atoms with E-state index < -0.39 is 117 Å². The molecule has 0 radical (unpaired) electrons. The molecule has 4 fully saturated rings. The Balaban J connectivity index is 1.68. The van der Waals surface area contributed by atoms with Crippen molar-refractivity contribution >= 4 is 33.8 Å². The highest BCUT2D eigenvalue weighted by atomic mass is 32.2. The second kappa shape index (κ2) is 10.8. The van der Waals surface area contributed by atoms with Gasteiger partial charge in [-0.05, 0) is 43.1 Å². The van der Waals surface area contributed by atoms with Gasteiger partial charge in [0.25, 0.3) is 0 Å². The smallest absolute Gasteiger partial charge is 0.467 e. The summed E-state index contributed by atoms with van der Waals surface area (Å²) in [4.78, 5) is 53.5. The van der Waals surface area contributed by atoms with Crippen LogP contribution in [-0.4, -0.2) is 91.6 Å². The Labute approximate surface area is 262 Å². The number of fused-ring (bicyclic) bond motifs is 2. The lowest BCUT2D eigenvalue weighted by Crippen LogP contribution is -2.79. The van der Waals surface area contributed by atoms with Gasteiger partial charge in [-0.2, -0.15) is 21.6 Å². The lowest BCUT2D eigenvalue weighted by atomic mass is 9.38. The number of carbonyl (C=O) groups is 4. The summed E-state index contributed by atoms with van der Waals surface area (Å²) in [6, 6.07) is 0. The molecule has 2 saturated carbocycles. The van der Waals surface area contributed by atoms with Crippen LogP contribution >= 0.6 is 0 Å². The standard InChI is InChI=1S/C29H35F3O13S/c1-11(2)12(3)7-17(34)44-20-22-27-10-42-28(22,25(38)41-6)23(36)18(35)21(27)26(5)9-15(33)19(45-46(39,40)29(30,31)32)13(4)14(26)8-16(27)43-24(20)37/h7,11,14,16,18,20-23,35-36H,8-10H2,1-6H3/b12-7+/t14?,16-,18-,20-,21?,22-,23?,26+,27-,28+/m1/s1. The number of aliphatic hydroxyl groups excluding tert-OH is 2. The number of ketones is 1. The number of allylic oxidation sites excluding steroid dienone is 3. The summed E-state index contributed by atoms with van der Waals surface area (Å²) >= 11 is 0. The number of methoxy groups -OCH3 is 1. The minimum absolute atomic E-state index is 0.0684. The summed E-state index contributed by atoms with van der Waals surface area (Å²) in [5, 5.41) is 23.4. The van der Waals surface area contributed by atoms with E-state index >= 15 is 0 Å². The van der Waals surface area contributed by atoms with Gasteiger partial charge in [-0.1, -0.05) is 26.3 Å². The minimum Gasteiger partial charge on any atom is -0.467 e. The number of ether oxygens (including phenoxy) is 4. The van der Waals surface area contributed by atoms with Crippen LogP contribution in [-0.2, 0) is 52.4 Å².